The first-order valence-corrected chi connectivity index (χ1v) is 17.4. The van der Waals surface area contributed by atoms with E-state index in [2.05, 4.69) is 15.5 Å². The minimum atomic E-state index is -2.21. The molecule has 52 heavy (non-hydrogen) atoms. The van der Waals surface area contributed by atoms with E-state index in [0.717, 1.165) is 0 Å². The Morgan fingerprint density at radius 1 is 1.04 bits per heavy atom. The Labute approximate surface area is 299 Å². The van der Waals surface area contributed by atoms with Crippen LogP contribution >= 0.6 is 0 Å². The summed E-state index contributed by atoms with van der Waals surface area (Å²) in [6, 6.07) is 4.27. The molecule has 3 aliphatic heterocycles. The highest BCUT2D eigenvalue weighted by Gasteiger charge is 2.55. The third-order valence-corrected chi connectivity index (χ3v) is 10.7. The van der Waals surface area contributed by atoms with Gasteiger partial charge in [0.05, 0.1) is 42.6 Å². The average Bonchev–Trinajstić information content (AvgIpc) is 3.52. The Morgan fingerprint density at radius 2 is 1.79 bits per heavy atom. The second-order valence-electron chi connectivity index (χ2n) is 13.7. The van der Waals surface area contributed by atoms with Gasteiger partial charge in [0.15, 0.2) is 24.6 Å². The molecule has 0 spiro atoms. The van der Waals surface area contributed by atoms with E-state index in [9.17, 15) is 34.5 Å². The van der Waals surface area contributed by atoms with Gasteiger partial charge in [0.1, 0.15) is 29.0 Å². The molecule has 2 aromatic carbocycles. The molecule has 5 aliphatic rings. The van der Waals surface area contributed by atoms with Crippen molar-refractivity contribution >= 4 is 23.4 Å². The molecule has 0 aromatic heterocycles. The van der Waals surface area contributed by atoms with Gasteiger partial charge in [-0.05, 0) is 13.0 Å². The summed E-state index contributed by atoms with van der Waals surface area (Å²) in [5.41, 5.74) is -3.38. The Balaban J connectivity index is 1.26. The van der Waals surface area contributed by atoms with Crippen molar-refractivity contribution in [3.63, 3.8) is 0 Å². The van der Waals surface area contributed by atoms with Crippen molar-refractivity contribution in [2.24, 2.45) is 0 Å². The minimum absolute atomic E-state index is 0.00616. The highest BCUT2D eigenvalue weighted by Crippen LogP contribution is 2.53. The van der Waals surface area contributed by atoms with E-state index in [1.54, 1.807) is 6.92 Å². The molecule has 8 atom stereocenters. The number of hydrogen-bond acceptors (Lipinski definition) is 14. The predicted molar refractivity (Wildman–Crippen MR) is 178 cm³/mol. The number of rotatable bonds is 9. The van der Waals surface area contributed by atoms with Crippen LogP contribution in [0, 0.1) is 0 Å². The van der Waals surface area contributed by atoms with Gasteiger partial charge < -0.3 is 54.4 Å². The van der Waals surface area contributed by atoms with Crippen LogP contribution in [0.25, 0.3) is 0 Å². The number of morpholine rings is 1. The average molecular weight is 726 g/mol. The molecule has 3 saturated heterocycles. The lowest BCUT2D eigenvalue weighted by Gasteiger charge is -2.43. The number of carbonyl (C=O) groups is 4. The second kappa shape index (κ2) is 14.0. The van der Waals surface area contributed by atoms with E-state index in [4.69, 9.17) is 28.4 Å². The van der Waals surface area contributed by atoms with E-state index in [0.29, 0.717) is 13.2 Å². The van der Waals surface area contributed by atoms with Gasteiger partial charge in [0.2, 0.25) is 11.7 Å². The first kappa shape index (κ1) is 36.2. The third kappa shape index (κ3) is 5.91. The summed E-state index contributed by atoms with van der Waals surface area (Å²) in [5.74, 6) is -3.69. The fourth-order valence-corrected chi connectivity index (χ4v) is 8.17. The number of methoxy groups -OCH3 is 2. The van der Waals surface area contributed by atoms with Gasteiger partial charge >= 0.3 is 0 Å². The number of ketones is 2. The van der Waals surface area contributed by atoms with Crippen molar-refractivity contribution < 1.29 is 62.9 Å². The van der Waals surface area contributed by atoms with Gasteiger partial charge in [-0.3, -0.25) is 24.1 Å². The molecule has 5 N–H and O–H groups in total. The van der Waals surface area contributed by atoms with Crippen LogP contribution < -0.4 is 15.4 Å². The Bertz CT molecular complexity index is 1800. The standard InChI is InChI=1S/C36H43N3O13/c1-5-22(40)37-9-10-38-35(45)36(46)14-18-25(31(44)27-26(29(18)42)28(41)17-7-6-8-20(47-3)24(17)30(27)43)21(15-36)51-23-13-19-32(16(2)50-23)52-33-34(48-4)49-12-11-39(19)33/h6-8,16,19,21,23,32-34,42,44,46H,5,9-15H2,1-4H3,(H,37,40)(H,38,45)/t16-,19-,21-,23-,32+,33+,34-,36-/m0/s1. The van der Waals surface area contributed by atoms with E-state index >= 15 is 0 Å². The number of nitrogens with zero attached hydrogens (tertiary/aromatic N) is 1. The van der Waals surface area contributed by atoms with Crippen LogP contribution in [-0.4, -0.2) is 127 Å². The zero-order valence-corrected chi connectivity index (χ0v) is 29.3. The second-order valence-corrected chi connectivity index (χ2v) is 13.7. The van der Waals surface area contributed by atoms with Gasteiger partial charge in [-0.2, -0.15) is 0 Å². The number of fused-ring (bicyclic) bond motifs is 6. The number of carbonyl (C=O) groups excluding carboxylic acids is 4. The zero-order valence-electron chi connectivity index (χ0n) is 29.3. The maximum absolute atomic E-state index is 14.0. The highest BCUT2D eigenvalue weighted by molar-refractivity contribution is 6.31. The Hall–Kier alpha value is -4.16. The largest absolute Gasteiger partial charge is 0.507 e. The van der Waals surface area contributed by atoms with Crippen molar-refractivity contribution in [1.29, 1.82) is 0 Å². The summed E-state index contributed by atoms with van der Waals surface area (Å²) >= 11 is 0. The maximum atomic E-state index is 14.0. The van der Waals surface area contributed by atoms with Crippen molar-refractivity contribution in [3.8, 4) is 17.2 Å². The van der Waals surface area contributed by atoms with Crippen molar-refractivity contribution in [3.05, 3.63) is 51.6 Å². The number of phenolic OH excluding ortho intramolecular Hbond substituents is 2. The molecule has 2 aliphatic carbocycles. The van der Waals surface area contributed by atoms with Gasteiger partial charge in [0, 0.05) is 75.2 Å². The first-order valence-electron chi connectivity index (χ1n) is 17.4. The number of nitrogens with one attached hydrogen (secondary N) is 2. The fraction of sp³-hybridized carbons (Fsp3) is 0.556. The molecule has 7 rings (SSSR count). The molecule has 2 aromatic rings. The zero-order chi connectivity index (χ0) is 37.1. The summed E-state index contributed by atoms with van der Waals surface area (Å²) in [7, 11) is 2.89. The minimum Gasteiger partial charge on any atom is -0.507 e. The third-order valence-electron chi connectivity index (χ3n) is 10.7. The van der Waals surface area contributed by atoms with Crippen LogP contribution in [0.4, 0.5) is 0 Å². The topological polar surface area (TPSA) is 212 Å². The van der Waals surface area contributed by atoms with Crippen molar-refractivity contribution in [2.45, 2.75) is 88.3 Å². The smallest absolute Gasteiger partial charge is 0.252 e. The van der Waals surface area contributed by atoms with Crippen LogP contribution in [0.1, 0.15) is 82.2 Å². The van der Waals surface area contributed by atoms with Gasteiger partial charge in [0.25, 0.3) is 5.91 Å². The fourth-order valence-electron chi connectivity index (χ4n) is 8.17. The van der Waals surface area contributed by atoms with Crippen LogP contribution in [0.15, 0.2) is 18.2 Å². The molecule has 0 bridgehead atoms. The van der Waals surface area contributed by atoms with Crippen LogP contribution in [0.2, 0.25) is 0 Å². The molecule has 0 saturated carbocycles. The normalized spacial score (nSPS) is 30.8. The maximum Gasteiger partial charge on any atom is 0.252 e. The summed E-state index contributed by atoms with van der Waals surface area (Å²) < 4.78 is 35.7. The molecule has 3 fully saturated rings. The van der Waals surface area contributed by atoms with E-state index in [1.165, 1.54) is 32.4 Å². The van der Waals surface area contributed by atoms with Gasteiger partial charge in [-0.15, -0.1) is 0 Å². The molecular formula is C36H43N3O13. The lowest BCUT2D eigenvalue weighted by atomic mass is 9.72. The monoisotopic (exact) mass is 725 g/mol. The lowest BCUT2D eigenvalue weighted by molar-refractivity contribution is -0.256. The molecule has 280 valence electrons. The molecule has 16 nitrogen and oxygen atoms in total. The molecule has 2 amide bonds. The summed E-state index contributed by atoms with van der Waals surface area (Å²) in [6.07, 6.45) is -4.55. The van der Waals surface area contributed by atoms with Crippen molar-refractivity contribution in [2.75, 3.05) is 40.5 Å². The molecule has 16 heteroatoms. The number of ether oxygens (including phenoxy) is 6. The van der Waals surface area contributed by atoms with Gasteiger partial charge in [-0.1, -0.05) is 19.1 Å². The summed E-state index contributed by atoms with van der Waals surface area (Å²) in [4.78, 5) is 55.4. The number of benzene rings is 2. The Kier molecular flexibility index (Phi) is 9.75. The summed E-state index contributed by atoms with van der Waals surface area (Å²) in [5, 5.41) is 41.0. The quantitative estimate of drug-likeness (QED) is 0.153. The molecular weight excluding hydrogens is 682 g/mol. The van der Waals surface area contributed by atoms with Gasteiger partial charge in [-0.25, -0.2) is 0 Å². The van der Waals surface area contributed by atoms with Crippen LogP contribution in [0.5, 0.6) is 17.2 Å². The van der Waals surface area contributed by atoms with E-state index < -0.39 is 89.6 Å². The predicted octanol–water partition coefficient (Wildman–Crippen LogP) is 0.792. The number of phenols is 2. The number of aromatic hydroxyl groups is 2. The number of hydrogen-bond donors (Lipinski definition) is 5. The SMILES string of the molecule is CCC(=O)NCCNC(=O)[C@]1(O)Cc2c(O)c3c(c(O)c2[C@@H](O[C@H]2C[C@H]4[C@H](O[C@@H]5[C@@H](OC)OCCN54)[C@H](C)O2)C1)C(=O)c1c(OC)cccc1C3=O. The summed E-state index contributed by atoms with van der Waals surface area (Å²) in [6.45, 7) is 4.61. The van der Waals surface area contributed by atoms with E-state index in [-0.39, 0.29) is 72.0 Å². The number of aliphatic hydroxyl groups is 1. The Morgan fingerprint density at radius 3 is 2.52 bits per heavy atom. The van der Waals surface area contributed by atoms with Crippen LogP contribution in [0.3, 0.4) is 0 Å². The highest BCUT2D eigenvalue weighted by atomic mass is 16.7. The van der Waals surface area contributed by atoms with Crippen molar-refractivity contribution in [1.82, 2.24) is 15.5 Å². The molecule has 3 heterocycles. The first-order chi connectivity index (χ1) is 24.9. The number of amides is 2. The lowest BCUT2D eigenvalue weighted by Crippen LogP contribution is -2.55. The van der Waals surface area contributed by atoms with E-state index in [1.807, 2.05) is 6.92 Å². The van der Waals surface area contributed by atoms with Crippen LogP contribution in [-0.2, 0) is 39.7 Å². The molecule has 0 unspecified atom stereocenters. The molecule has 0 radical (unpaired) electrons.